The lowest BCUT2D eigenvalue weighted by atomic mass is 10.0. The topological polar surface area (TPSA) is 50.9 Å². The number of nitrogens with one attached hydrogen (secondary N) is 1. The van der Waals surface area contributed by atoms with E-state index in [-0.39, 0.29) is 0 Å². The van der Waals surface area contributed by atoms with Crippen LogP contribution in [-0.4, -0.2) is 11.5 Å². The van der Waals surface area contributed by atoms with E-state index in [1.807, 2.05) is 13.1 Å². The molecule has 0 saturated carbocycles. The number of aryl methyl sites for hydroxylation is 1. The normalized spacial score (nSPS) is 10.8. The van der Waals surface area contributed by atoms with Gasteiger partial charge in [0.15, 0.2) is 0 Å². The van der Waals surface area contributed by atoms with Gasteiger partial charge in [-0.15, -0.1) is 0 Å². The zero-order valence-electron chi connectivity index (χ0n) is 10.6. The van der Waals surface area contributed by atoms with Crippen molar-refractivity contribution in [2.24, 2.45) is 11.7 Å². The van der Waals surface area contributed by atoms with Crippen LogP contribution in [0.15, 0.2) is 12.3 Å². The fraction of sp³-hybridized carbons (Fsp3) is 0.615. The van der Waals surface area contributed by atoms with Crippen LogP contribution in [-0.2, 0) is 6.54 Å². The first kappa shape index (κ1) is 13.0. The highest BCUT2D eigenvalue weighted by Gasteiger charge is 2.06. The highest BCUT2D eigenvalue weighted by Crippen LogP contribution is 2.17. The summed E-state index contributed by atoms with van der Waals surface area (Å²) >= 11 is 0. The van der Waals surface area contributed by atoms with Gasteiger partial charge in [-0.05, 0) is 18.9 Å². The maximum absolute atomic E-state index is 5.69. The third-order valence-electron chi connectivity index (χ3n) is 3.08. The molecule has 0 aliphatic rings. The van der Waals surface area contributed by atoms with E-state index in [9.17, 15) is 0 Å². The van der Waals surface area contributed by atoms with E-state index < -0.39 is 0 Å². The summed E-state index contributed by atoms with van der Waals surface area (Å²) in [4.78, 5) is 4.26. The van der Waals surface area contributed by atoms with E-state index in [0.717, 1.165) is 29.4 Å². The van der Waals surface area contributed by atoms with E-state index in [0.29, 0.717) is 6.54 Å². The lowest BCUT2D eigenvalue weighted by Gasteiger charge is -2.16. The van der Waals surface area contributed by atoms with E-state index in [2.05, 4.69) is 30.2 Å². The second-order valence-electron chi connectivity index (χ2n) is 4.25. The van der Waals surface area contributed by atoms with E-state index in [4.69, 9.17) is 5.73 Å². The van der Waals surface area contributed by atoms with Crippen molar-refractivity contribution in [2.75, 3.05) is 11.9 Å². The molecule has 0 aliphatic carbocycles. The molecule has 0 unspecified atom stereocenters. The number of aromatic nitrogens is 1. The number of hydrogen-bond donors (Lipinski definition) is 2. The van der Waals surface area contributed by atoms with Crippen molar-refractivity contribution in [3.05, 3.63) is 23.5 Å². The molecule has 0 saturated heterocycles. The number of rotatable bonds is 6. The van der Waals surface area contributed by atoms with Gasteiger partial charge in [-0.25, -0.2) is 0 Å². The van der Waals surface area contributed by atoms with Crippen LogP contribution in [0.25, 0.3) is 0 Å². The van der Waals surface area contributed by atoms with Gasteiger partial charge < -0.3 is 11.1 Å². The molecule has 1 rings (SSSR count). The molecular formula is C13H23N3. The number of nitrogens with two attached hydrogens (primary N) is 1. The molecule has 16 heavy (non-hydrogen) atoms. The summed E-state index contributed by atoms with van der Waals surface area (Å²) in [5, 5.41) is 3.49. The lowest BCUT2D eigenvalue weighted by molar-refractivity contribution is 0.519. The Kier molecular flexibility index (Phi) is 5.26. The maximum atomic E-state index is 5.69. The Hall–Kier alpha value is -1.09. The van der Waals surface area contributed by atoms with Crippen molar-refractivity contribution in [1.29, 1.82) is 0 Å². The molecule has 3 nitrogen and oxygen atoms in total. The summed E-state index contributed by atoms with van der Waals surface area (Å²) in [6.07, 6.45) is 4.29. The van der Waals surface area contributed by atoms with Crippen molar-refractivity contribution < 1.29 is 0 Å². The largest absolute Gasteiger partial charge is 0.384 e. The monoisotopic (exact) mass is 221 g/mol. The van der Waals surface area contributed by atoms with Crippen LogP contribution in [0.5, 0.6) is 0 Å². The van der Waals surface area contributed by atoms with Gasteiger partial charge in [-0.1, -0.05) is 26.7 Å². The van der Waals surface area contributed by atoms with Crippen LogP contribution < -0.4 is 11.1 Å². The molecule has 3 heteroatoms. The molecule has 0 radical (unpaired) electrons. The Morgan fingerprint density at radius 1 is 1.38 bits per heavy atom. The molecule has 0 aromatic carbocycles. The van der Waals surface area contributed by atoms with Crippen LogP contribution in [0, 0.1) is 12.8 Å². The summed E-state index contributed by atoms with van der Waals surface area (Å²) in [5.74, 6) is 0.735. The highest BCUT2D eigenvalue weighted by atomic mass is 14.9. The molecule has 1 aromatic rings. The number of anilines is 1. The van der Waals surface area contributed by atoms with Crippen LogP contribution in [0.4, 0.5) is 5.69 Å². The van der Waals surface area contributed by atoms with Crippen molar-refractivity contribution in [3.63, 3.8) is 0 Å². The standard InChI is InChI=1S/C13H23N3/c1-4-11(5-2)8-16-13-6-10(3)15-9-12(13)7-14/h6,9,11H,4-5,7-8,14H2,1-3H3,(H,15,16). The van der Waals surface area contributed by atoms with Crippen molar-refractivity contribution in [2.45, 2.75) is 40.2 Å². The minimum absolute atomic E-state index is 0.540. The van der Waals surface area contributed by atoms with Crippen molar-refractivity contribution >= 4 is 5.69 Å². The fourth-order valence-electron chi connectivity index (χ4n) is 1.75. The predicted molar refractivity (Wildman–Crippen MR) is 69.4 cm³/mol. The molecule has 90 valence electrons. The second kappa shape index (κ2) is 6.48. The Morgan fingerprint density at radius 3 is 2.62 bits per heavy atom. The molecule has 3 N–H and O–H groups in total. The van der Waals surface area contributed by atoms with Gasteiger partial charge in [-0.3, -0.25) is 4.98 Å². The quantitative estimate of drug-likeness (QED) is 0.776. The molecular weight excluding hydrogens is 198 g/mol. The molecule has 0 amide bonds. The maximum Gasteiger partial charge on any atom is 0.0419 e. The Bertz CT molecular complexity index is 319. The van der Waals surface area contributed by atoms with Crippen LogP contribution in [0.3, 0.4) is 0 Å². The Morgan fingerprint density at radius 2 is 2.06 bits per heavy atom. The van der Waals surface area contributed by atoms with Gasteiger partial charge in [-0.2, -0.15) is 0 Å². The third kappa shape index (κ3) is 3.49. The molecule has 0 fully saturated rings. The van der Waals surface area contributed by atoms with Crippen LogP contribution in [0.2, 0.25) is 0 Å². The lowest BCUT2D eigenvalue weighted by Crippen LogP contribution is -2.15. The smallest absolute Gasteiger partial charge is 0.0419 e. The fourth-order valence-corrected chi connectivity index (χ4v) is 1.75. The molecule has 1 heterocycles. The first-order valence-electron chi connectivity index (χ1n) is 6.10. The minimum Gasteiger partial charge on any atom is -0.384 e. The van der Waals surface area contributed by atoms with Gasteiger partial charge in [0.2, 0.25) is 0 Å². The molecule has 0 aliphatic heterocycles. The number of pyridine rings is 1. The van der Waals surface area contributed by atoms with Crippen molar-refractivity contribution in [1.82, 2.24) is 4.98 Å². The number of nitrogens with zero attached hydrogens (tertiary/aromatic N) is 1. The van der Waals surface area contributed by atoms with Gasteiger partial charge in [0.05, 0.1) is 0 Å². The molecule has 0 spiro atoms. The summed E-state index contributed by atoms with van der Waals surface area (Å²) in [6.45, 7) is 8.03. The Balaban J connectivity index is 2.68. The first-order chi connectivity index (χ1) is 7.71. The average molecular weight is 221 g/mol. The minimum atomic E-state index is 0.540. The summed E-state index contributed by atoms with van der Waals surface area (Å²) in [5.41, 5.74) is 8.96. The summed E-state index contributed by atoms with van der Waals surface area (Å²) in [6, 6.07) is 2.07. The summed E-state index contributed by atoms with van der Waals surface area (Å²) in [7, 11) is 0. The zero-order valence-corrected chi connectivity index (χ0v) is 10.6. The summed E-state index contributed by atoms with van der Waals surface area (Å²) < 4.78 is 0. The van der Waals surface area contributed by atoms with E-state index in [1.165, 1.54) is 12.8 Å². The zero-order chi connectivity index (χ0) is 12.0. The van der Waals surface area contributed by atoms with E-state index >= 15 is 0 Å². The SMILES string of the molecule is CCC(CC)CNc1cc(C)ncc1CN. The second-order valence-corrected chi connectivity index (χ2v) is 4.25. The predicted octanol–water partition coefficient (Wildman–Crippen LogP) is 2.70. The van der Waals surface area contributed by atoms with Gasteiger partial charge in [0.25, 0.3) is 0 Å². The highest BCUT2D eigenvalue weighted by molar-refractivity contribution is 5.50. The Labute approximate surface area is 98.5 Å². The van der Waals surface area contributed by atoms with Crippen LogP contribution in [0.1, 0.15) is 37.9 Å². The van der Waals surface area contributed by atoms with E-state index in [1.54, 1.807) is 0 Å². The van der Waals surface area contributed by atoms with Gasteiger partial charge in [0.1, 0.15) is 0 Å². The molecule has 0 atom stereocenters. The molecule has 1 aromatic heterocycles. The van der Waals surface area contributed by atoms with Crippen molar-refractivity contribution in [3.8, 4) is 0 Å². The van der Waals surface area contributed by atoms with Gasteiger partial charge >= 0.3 is 0 Å². The third-order valence-corrected chi connectivity index (χ3v) is 3.08. The number of hydrogen-bond acceptors (Lipinski definition) is 3. The van der Waals surface area contributed by atoms with Gasteiger partial charge in [0, 0.05) is 36.2 Å². The van der Waals surface area contributed by atoms with Crippen LogP contribution >= 0.6 is 0 Å². The average Bonchev–Trinajstić information content (AvgIpc) is 2.30. The molecule has 0 bridgehead atoms. The first-order valence-corrected chi connectivity index (χ1v) is 6.10.